The Bertz CT molecular complexity index is 741. The number of rotatable bonds is 6. The maximum absolute atomic E-state index is 12.6. The van der Waals surface area contributed by atoms with Crippen molar-refractivity contribution in [3.63, 3.8) is 0 Å². The van der Waals surface area contributed by atoms with Crippen molar-refractivity contribution in [3.8, 4) is 11.5 Å². The van der Waals surface area contributed by atoms with E-state index in [1.165, 1.54) is 0 Å². The highest BCUT2D eigenvalue weighted by Crippen LogP contribution is 2.25. The Morgan fingerprint density at radius 1 is 0.926 bits per heavy atom. The summed E-state index contributed by atoms with van der Waals surface area (Å²) in [5.41, 5.74) is 1.86. The zero-order valence-corrected chi connectivity index (χ0v) is 16.0. The molecule has 1 N–H and O–H groups in total. The molecule has 1 aliphatic rings. The van der Waals surface area contributed by atoms with E-state index in [2.05, 4.69) is 22.3 Å². The van der Waals surface area contributed by atoms with Crippen LogP contribution in [-0.4, -0.2) is 50.3 Å². The number of carbonyl (C=O) groups is 1. The predicted octanol–water partition coefficient (Wildman–Crippen LogP) is 3.84. The molecular weight excluding hydrogens is 342 g/mol. The quantitative estimate of drug-likeness (QED) is 0.841. The van der Waals surface area contributed by atoms with E-state index in [9.17, 15) is 4.79 Å². The molecule has 2 amide bonds. The average molecular weight is 369 g/mol. The monoisotopic (exact) mass is 369 g/mol. The number of nitrogens with zero attached hydrogens (tertiary/aromatic N) is 2. The number of piperazine rings is 1. The van der Waals surface area contributed by atoms with Crippen molar-refractivity contribution in [2.45, 2.75) is 13.8 Å². The van der Waals surface area contributed by atoms with E-state index in [1.807, 2.05) is 55.1 Å². The van der Waals surface area contributed by atoms with Gasteiger partial charge in [0.2, 0.25) is 0 Å². The summed E-state index contributed by atoms with van der Waals surface area (Å²) >= 11 is 0. The van der Waals surface area contributed by atoms with Gasteiger partial charge < -0.3 is 24.6 Å². The van der Waals surface area contributed by atoms with Gasteiger partial charge in [-0.2, -0.15) is 0 Å². The molecule has 0 spiro atoms. The van der Waals surface area contributed by atoms with Gasteiger partial charge >= 0.3 is 6.03 Å². The summed E-state index contributed by atoms with van der Waals surface area (Å²) in [6.45, 7) is 8.09. The number of amides is 2. The van der Waals surface area contributed by atoms with Crippen molar-refractivity contribution < 1.29 is 14.3 Å². The van der Waals surface area contributed by atoms with E-state index >= 15 is 0 Å². The summed E-state index contributed by atoms with van der Waals surface area (Å²) in [6, 6.07) is 15.5. The first-order valence-corrected chi connectivity index (χ1v) is 9.46. The van der Waals surface area contributed by atoms with Gasteiger partial charge in [-0.1, -0.05) is 12.1 Å². The minimum Gasteiger partial charge on any atom is -0.494 e. The highest BCUT2D eigenvalue weighted by Gasteiger charge is 2.22. The van der Waals surface area contributed by atoms with Gasteiger partial charge in [0.25, 0.3) is 0 Å². The molecule has 27 heavy (non-hydrogen) atoms. The maximum Gasteiger partial charge on any atom is 0.322 e. The maximum atomic E-state index is 12.6. The van der Waals surface area contributed by atoms with Crippen molar-refractivity contribution >= 4 is 17.4 Å². The van der Waals surface area contributed by atoms with Gasteiger partial charge in [0.1, 0.15) is 11.5 Å². The highest BCUT2D eigenvalue weighted by molar-refractivity contribution is 5.91. The second-order valence-electron chi connectivity index (χ2n) is 6.26. The van der Waals surface area contributed by atoms with Crippen LogP contribution < -0.4 is 19.7 Å². The van der Waals surface area contributed by atoms with Crippen molar-refractivity contribution in [1.82, 2.24) is 4.90 Å². The number of carbonyl (C=O) groups excluding carboxylic acids is 1. The van der Waals surface area contributed by atoms with Gasteiger partial charge in [0.05, 0.1) is 18.9 Å². The molecule has 0 aromatic heterocycles. The number of nitrogens with one attached hydrogen (secondary N) is 1. The van der Waals surface area contributed by atoms with Crippen LogP contribution in [0.15, 0.2) is 48.5 Å². The lowest BCUT2D eigenvalue weighted by molar-refractivity contribution is 0.208. The molecule has 6 heteroatoms. The molecule has 3 rings (SSSR count). The summed E-state index contributed by atoms with van der Waals surface area (Å²) in [5, 5.41) is 2.97. The van der Waals surface area contributed by atoms with Crippen LogP contribution in [0.2, 0.25) is 0 Å². The fourth-order valence-electron chi connectivity index (χ4n) is 3.13. The van der Waals surface area contributed by atoms with Gasteiger partial charge in [0.15, 0.2) is 0 Å². The summed E-state index contributed by atoms with van der Waals surface area (Å²) < 4.78 is 11.1. The fourth-order valence-corrected chi connectivity index (χ4v) is 3.13. The molecular formula is C21H27N3O3. The van der Waals surface area contributed by atoms with E-state index in [-0.39, 0.29) is 6.03 Å². The third kappa shape index (κ3) is 4.84. The van der Waals surface area contributed by atoms with E-state index in [0.29, 0.717) is 37.7 Å². The number of benzene rings is 2. The first-order chi connectivity index (χ1) is 13.2. The SMILES string of the molecule is CCOc1ccc(N2CCN(C(=O)Nc3ccccc3OCC)CC2)cc1. The normalized spacial score (nSPS) is 14.0. The first-order valence-electron chi connectivity index (χ1n) is 9.46. The number of hydrogen-bond donors (Lipinski definition) is 1. The lowest BCUT2D eigenvalue weighted by Gasteiger charge is -2.36. The fraction of sp³-hybridized carbons (Fsp3) is 0.381. The Labute approximate surface area is 160 Å². The second kappa shape index (κ2) is 9.16. The van der Waals surface area contributed by atoms with Gasteiger partial charge in [-0.3, -0.25) is 0 Å². The highest BCUT2D eigenvalue weighted by atomic mass is 16.5. The summed E-state index contributed by atoms with van der Waals surface area (Å²) in [7, 11) is 0. The van der Waals surface area contributed by atoms with Gasteiger partial charge in [0, 0.05) is 31.9 Å². The summed E-state index contributed by atoms with van der Waals surface area (Å²) in [5.74, 6) is 1.58. The number of urea groups is 1. The number of ether oxygens (including phenoxy) is 2. The van der Waals surface area contributed by atoms with Crippen molar-refractivity contribution in [3.05, 3.63) is 48.5 Å². The number of anilines is 2. The average Bonchev–Trinajstić information content (AvgIpc) is 2.71. The smallest absolute Gasteiger partial charge is 0.322 e. The molecule has 0 atom stereocenters. The van der Waals surface area contributed by atoms with Gasteiger partial charge in [-0.15, -0.1) is 0 Å². The molecule has 144 valence electrons. The van der Waals surface area contributed by atoms with Crippen LogP contribution in [-0.2, 0) is 0 Å². The molecule has 1 heterocycles. The molecule has 0 aliphatic carbocycles. The zero-order chi connectivity index (χ0) is 19.1. The standard InChI is InChI=1S/C21H27N3O3/c1-3-26-18-11-9-17(10-12-18)23-13-15-24(16-14-23)21(25)22-19-7-5-6-8-20(19)27-4-2/h5-12H,3-4,13-16H2,1-2H3,(H,22,25). The topological polar surface area (TPSA) is 54.0 Å². The van der Waals surface area contributed by atoms with E-state index in [4.69, 9.17) is 9.47 Å². The molecule has 1 aliphatic heterocycles. The third-order valence-corrected chi connectivity index (χ3v) is 4.51. The Kier molecular flexibility index (Phi) is 6.41. The summed E-state index contributed by atoms with van der Waals surface area (Å²) in [4.78, 5) is 16.7. The lowest BCUT2D eigenvalue weighted by Crippen LogP contribution is -2.50. The molecule has 1 saturated heterocycles. The Hall–Kier alpha value is -2.89. The Balaban J connectivity index is 1.55. The van der Waals surface area contributed by atoms with E-state index < -0.39 is 0 Å². The predicted molar refractivity (Wildman–Crippen MR) is 108 cm³/mol. The van der Waals surface area contributed by atoms with Crippen LogP contribution in [0.5, 0.6) is 11.5 Å². The van der Waals surface area contributed by atoms with Crippen LogP contribution in [0.1, 0.15) is 13.8 Å². The van der Waals surface area contributed by atoms with Crippen LogP contribution >= 0.6 is 0 Å². The third-order valence-electron chi connectivity index (χ3n) is 4.51. The van der Waals surface area contributed by atoms with Crippen molar-refractivity contribution in [2.75, 3.05) is 49.6 Å². The number of hydrogen-bond acceptors (Lipinski definition) is 4. The van der Waals surface area contributed by atoms with Crippen molar-refractivity contribution in [1.29, 1.82) is 0 Å². The van der Waals surface area contributed by atoms with Crippen LogP contribution in [0.25, 0.3) is 0 Å². The molecule has 0 radical (unpaired) electrons. The van der Waals surface area contributed by atoms with Crippen LogP contribution in [0.4, 0.5) is 16.2 Å². The Morgan fingerprint density at radius 3 is 2.26 bits per heavy atom. The first kappa shape index (κ1) is 18.9. The number of para-hydroxylation sites is 2. The minimum absolute atomic E-state index is 0.0894. The molecule has 2 aromatic rings. The molecule has 0 bridgehead atoms. The van der Waals surface area contributed by atoms with Crippen LogP contribution in [0.3, 0.4) is 0 Å². The summed E-state index contributed by atoms with van der Waals surface area (Å²) in [6.07, 6.45) is 0. The lowest BCUT2D eigenvalue weighted by atomic mass is 10.2. The van der Waals surface area contributed by atoms with E-state index in [1.54, 1.807) is 0 Å². The largest absolute Gasteiger partial charge is 0.494 e. The Morgan fingerprint density at radius 2 is 1.59 bits per heavy atom. The molecule has 0 saturated carbocycles. The van der Waals surface area contributed by atoms with Gasteiger partial charge in [-0.05, 0) is 50.2 Å². The molecule has 2 aromatic carbocycles. The molecule has 6 nitrogen and oxygen atoms in total. The minimum atomic E-state index is -0.0894. The van der Waals surface area contributed by atoms with Gasteiger partial charge in [-0.25, -0.2) is 4.79 Å². The zero-order valence-electron chi connectivity index (χ0n) is 16.0. The van der Waals surface area contributed by atoms with Crippen LogP contribution in [0, 0.1) is 0 Å². The second-order valence-corrected chi connectivity index (χ2v) is 6.26. The molecule has 0 unspecified atom stereocenters. The van der Waals surface area contributed by atoms with E-state index in [0.717, 1.165) is 24.5 Å². The van der Waals surface area contributed by atoms with Crippen molar-refractivity contribution in [2.24, 2.45) is 0 Å². The molecule has 1 fully saturated rings.